The second-order valence-electron chi connectivity index (χ2n) is 6.88. The summed E-state index contributed by atoms with van der Waals surface area (Å²) in [6.45, 7) is 12.1. The Kier molecular flexibility index (Phi) is 3.54. The third-order valence-corrected chi connectivity index (χ3v) is 5.26. The van der Waals surface area contributed by atoms with Gasteiger partial charge in [-0.15, -0.1) is 0 Å². The Morgan fingerprint density at radius 2 is 1.90 bits per heavy atom. The van der Waals surface area contributed by atoms with Gasteiger partial charge in [0, 0.05) is 18.2 Å². The molecular formula is C16H25N3O. The first-order valence-electron chi connectivity index (χ1n) is 7.02. The van der Waals surface area contributed by atoms with Crippen LogP contribution in [-0.2, 0) is 6.54 Å². The molecule has 0 radical (unpaired) electrons. The molecule has 1 aliphatic rings. The van der Waals surface area contributed by atoms with E-state index >= 15 is 0 Å². The van der Waals surface area contributed by atoms with Crippen LogP contribution in [0.5, 0.6) is 0 Å². The van der Waals surface area contributed by atoms with Gasteiger partial charge in [0.2, 0.25) is 0 Å². The number of rotatable bonds is 4. The first-order chi connectivity index (χ1) is 9.21. The highest BCUT2D eigenvalue weighted by atomic mass is 16.4. The van der Waals surface area contributed by atoms with Gasteiger partial charge in [0.05, 0.1) is 0 Å². The summed E-state index contributed by atoms with van der Waals surface area (Å²) in [6.07, 6.45) is 0. The zero-order valence-corrected chi connectivity index (χ0v) is 13.0. The molecule has 1 aromatic carbocycles. The van der Waals surface area contributed by atoms with Crippen LogP contribution >= 0.6 is 0 Å². The molecule has 2 rings (SSSR count). The van der Waals surface area contributed by atoms with E-state index < -0.39 is 0 Å². The topological polar surface area (TPSA) is 70.6 Å². The average molecular weight is 275 g/mol. The minimum atomic E-state index is 0.150. The standard InChI is InChI=1S/C16H25N3O/c1-10-8-11(13(17)19-20)6-7-12(10)9-18-14-15(2,3)16(14,4)5/h6-8,14,18,20H,9H2,1-5H3,(H2,17,19). The van der Waals surface area contributed by atoms with Crippen molar-refractivity contribution < 1.29 is 5.21 Å². The number of nitrogens with zero attached hydrogens (tertiary/aromatic N) is 1. The van der Waals surface area contributed by atoms with Crippen LogP contribution in [0.1, 0.15) is 44.4 Å². The van der Waals surface area contributed by atoms with Crippen LogP contribution in [0.25, 0.3) is 0 Å². The Balaban J connectivity index is 2.05. The smallest absolute Gasteiger partial charge is 0.170 e. The van der Waals surface area contributed by atoms with E-state index in [1.54, 1.807) is 0 Å². The minimum Gasteiger partial charge on any atom is -0.409 e. The number of aryl methyl sites for hydroxylation is 1. The second kappa shape index (κ2) is 4.77. The van der Waals surface area contributed by atoms with Crippen LogP contribution in [0.2, 0.25) is 0 Å². The molecule has 1 fully saturated rings. The third-order valence-electron chi connectivity index (χ3n) is 5.26. The van der Waals surface area contributed by atoms with Gasteiger partial charge in [0.25, 0.3) is 0 Å². The van der Waals surface area contributed by atoms with Crippen LogP contribution in [-0.4, -0.2) is 17.1 Å². The molecule has 0 amide bonds. The molecular weight excluding hydrogens is 250 g/mol. The number of hydrogen-bond donors (Lipinski definition) is 3. The number of benzene rings is 1. The summed E-state index contributed by atoms with van der Waals surface area (Å²) in [4.78, 5) is 0. The zero-order valence-electron chi connectivity index (χ0n) is 13.0. The molecule has 0 atom stereocenters. The largest absolute Gasteiger partial charge is 0.409 e. The molecule has 0 saturated heterocycles. The van der Waals surface area contributed by atoms with E-state index in [0.717, 1.165) is 17.7 Å². The van der Waals surface area contributed by atoms with Crippen LogP contribution < -0.4 is 11.1 Å². The van der Waals surface area contributed by atoms with Crippen LogP contribution in [0.3, 0.4) is 0 Å². The van der Waals surface area contributed by atoms with Crippen molar-refractivity contribution in [1.82, 2.24) is 5.32 Å². The van der Waals surface area contributed by atoms with E-state index in [0.29, 0.717) is 16.9 Å². The Bertz CT molecular complexity index is 533. The molecule has 1 aliphatic carbocycles. The van der Waals surface area contributed by atoms with Gasteiger partial charge in [-0.25, -0.2) is 0 Å². The first kappa shape index (κ1) is 14.9. The van der Waals surface area contributed by atoms with E-state index in [1.165, 1.54) is 5.56 Å². The number of nitrogens with two attached hydrogens (primary N) is 1. The highest BCUT2D eigenvalue weighted by Gasteiger charge is 2.64. The van der Waals surface area contributed by atoms with Crippen LogP contribution in [0.15, 0.2) is 23.4 Å². The van der Waals surface area contributed by atoms with E-state index in [1.807, 2.05) is 25.1 Å². The molecule has 110 valence electrons. The Morgan fingerprint density at radius 3 is 2.35 bits per heavy atom. The molecule has 0 bridgehead atoms. The maximum absolute atomic E-state index is 8.70. The fourth-order valence-electron chi connectivity index (χ4n) is 3.03. The SMILES string of the molecule is Cc1cc(/C(N)=N/O)ccc1CNC1C(C)(C)C1(C)C. The highest BCUT2D eigenvalue weighted by Crippen LogP contribution is 2.62. The zero-order chi connectivity index (χ0) is 15.1. The van der Waals surface area contributed by atoms with E-state index in [-0.39, 0.29) is 5.84 Å². The summed E-state index contributed by atoms with van der Waals surface area (Å²) >= 11 is 0. The maximum Gasteiger partial charge on any atom is 0.170 e. The number of oxime groups is 1. The number of nitrogens with one attached hydrogen (secondary N) is 1. The predicted octanol–water partition coefficient (Wildman–Crippen LogP) is 2.61. The second-order valence-corrected chi connectivity index (χ2v) is 6.88. The molecule has 0 aromatic heterocycles. The van der Waals surface area contributed by atoms with Gasteiger partial charge < -0.3 is 16.3 Å². The van der Waals surface area contributed by atoms with E-state index in [9.17, 15) is 0 Å². The van der Waals surface area contributed by atoms with E-state index in [2.05, 4.69) is 38.2 Å². The summed E-state index contributed by atoms with van der Waals surface area (Å²) < 4.78 is 0. The van der Waals surface area contributed by atoms with Crippen molar-refractivity contribution >= 4 is 5.84 Å². The molecule has 1 saturated carbocycles. The lowest BCUT2D eigenvalue weighted by atomic mass is 10.0. The van der Waals surface area contributed by atoms with Gasteiger partial charge in [-0.2, -0.15) is 0 Å². The van der Waals surface area contributed by atoms with Gasteiger partial charge in [-0.3, -0.25) is 0 Å². The van der Waals surface area contributed by atoms with Gasteiger partial charge in [0.1, 0.15) is 0 Å². The quantitative estimate of drug-likeness (QED) is 0.342. The van der Waals surface area contributed by atoms with Crippen molar-refractivity contribution in [2.75, 3.05) is 0 Å². The third kappa shape index (κ3) is 2.29. The summed E-state index contributed by atoms with van der Waals surface area (Å²) in [6, 6.07) is 6.42. The van der Waals surface area contributed by atoms with Gasteiger partial charge in [-0.05, 0) is 34.9 Å². The summed E-state index contributed by atoms with van der Waals surface area (Å²) in [7, 11) is 0. The Hall–Kier alpha value is -1.55. The molecule has 4 heteroatoms. The number of hydrogen-bond acceptors (Lipinski definition) is 3. The predicted molar refractivity (Wildman–Crippen MR) is 81.9 cm³/mol. The summed E-state index contributed by atoms with van der Waals surface area (Å²) in [5.74, 6) is 0.150. The molecule has 1 aromatic rings. The van der Waals surface area contributed by atoms with Crippen molar-refractivity contribution in [3.05, 3.63) is 34.9 Å². The lowest BCUT2D eigenvalue weighted by Crippen LogP contribution is -2.22. The molecule has 20 heavy (non-hydrogen) atoms. The van der Waals surface area contributed by atoms with Crippen LogP contribution in [0, 0.1) is 17.8 Å². The molecule has 4 N–H and O–H groups in total. The Labute approximate surface area is 121 Å². The van der Waals surface area contributed by atoms with Crippen LogP contribution in [0.4, 0.5) is 0 Å². The lowest BCUT2D eigenvalue weighted by Gasteiger charge is -2.10. The molecule has 0 aliphatic heterocycles. The van der Waals surface area contributed by atoms with Gasteiger partial charge in [-0.1, -0.05) is 45.0 Å². The first-order valence-corrected chi connectivity index (χ1v) is 7.02. The maximum atomic E-state index is 8.70. The van der Waals surface area contributed by atoms with Gasteiger partial charge >= 0.3 is 0 Å². The van der Waals surface area contributed by atoms with Crippen molar-refractivity contribution in [2.24, 2.45) is 21.7 Å². The molecule has 0 heterocycles. The molecule has 0 unspecified atom stereocenters. The Morgan fingerprint density at radius 1 is 1.30 bits per heavy atom. The van der Waals surface area contributed by atoms with E-state index in [4.69, 9.17) is 10.9 Å². The monoisotopic (exact) mass is 275 g/mol. The molecule has 0 spiro atoms. The fourth-order valence-corrected chi connectivity index (χ4v) is 3.03. The number of amidine groups is 1. The highest BCUT2D eigenvalue weighted by molar-refractivity contribution is 5.97. The van der Waals surface area contributed by atoms with Gasteiger partial charge in [0.15, 0.2) is 5.84 Å². The average Bonchev–Trinajstić information content (AvgIpc) is 2.77. The normalized spacial score (nSPS) is 20.9. The fraction of sp³-hybridized carbons (Fsp3) is 0.562. The minimum absolute atomic E-state index is 0.150. The van der Waals surface area contributed by atoms with Crippen molar-refractivity contribution in [3.8, 4) is 0 Å². The lowest BCUT2D eigenvalue weighted by molar-refractivity contribution is 0.318. The molecule has 4 nitrogen and oxygen atoms in total. The van der Waals surface area contributed by atoms with Crippen molar-refractivity contribution in [1.29, 1.82) is 0 Å². The van der Waals surface area contributed by atoms with Crippen molar-refractivity contribution in [3.63, 3.8) is 0 Å². The van der Waals surface area contributed by atoms with Crippen molar-refractivity contribution in [2.45, 2.75) is 47.2 Å². The summed E-state index contributed by atoms with van der Waals surface area (Å²) in [5, 5.41) is 15.4. The summed E-state index contributed by atoms with van der Waals surface area (Å²) in [5.41, 5.74) is 9.43.